The summed E-state index contributed by atoms with van der Waals surface area (Å²) in [6.07, 6.45) is 12.9. The van der Waals surface area contributed by atoms with Crippen molar-refractivity contribution in [2.75, 3.05) is 20.1 Å². The zero-order valence-corrected chi connectivity index (χ0v) is 15.8. The summed E-state index contributed by atoms with van der Waals surface area (Å²) in [5.41, 5.74) is 6.60. The predicted molar refractivity (Wildman–Crippen MR) is 105 cm³/mol. The van der Waals surface area contributed by atoms with E-state index in [0.29, 0.717) is 17.7 Å². The SMILES string of the molecule is C=C(/N=C1\C(=C/N)C=CC(=O)N1C1CCN(C)CC1)NC1CCCCC1. The van der Waals surface area contributed by atoms with Crippen LogP contribution in [0.3, 0.4) is 0 Å². The number of nitrogens with two attached hydrogens (primary N) is 1. The minimum Gasteiger partial charge on any atom is -0.404 e. The Bertz CT molecular complexity index is 622. The van der Waals surface area contributed by atoms with Gasteiger partial charge >= 0.3 is 0 Å². The second kappa shape index (κ2) is 8.54. The van der Waals surface area contributed by atoms with Crippen LogP contribution in [0.4, 0.5) is 0 Å². The molecule has 2 heterocycles. The van der Waals surface area contributed by atoms with Gasteiger partial charge in [-0.15, -0.1) is 0 Å². The van der Waals surface area contributed by atoms with Gasteiger partial charge in [0.2, 0.25) is 0 Å². The Morgan fingerprint density at radius 1 is 1.23 bits per heavy atom. The molecule has 1 aliphatic carbocycles. The fraction of sp³-hybridized carbons (Fsp3) is 0.600. The van der Waals surface area contributed by atoms with Gasteiger partial charge in [-0.05, 0) is 51.9 Å². The van der Waals surface area contributed by atoms with E-state index in [1.54, 1.807) is 12.2 Å². The lowest BCUT2D eigenvalue weighted by molar-refractivity contribution is -0.124. The van der Waals surface area contributed by atoms with Crippen molar-refractivity contribution in [3.63, 3.8) is 0 Å². The largest absolute Gasteiger partial charge is 0.404 e. The number of amidine groups is 1. The lowest BCUT2D eigenvalue weighted by atomic mass is 9.95. The number of likely N-dealkylation sites (tertiary alicyclic amines) is 1. The molecule has 0 radical (unpaired) electrons. The Morgan fingerprint density at radius 3 is 2.58 bits per heavy atom. The van der Waals surface area contributed by atoms with Gasteiger partial charge in [0.15, 0.2) is 0 Å². The number of nitrogens with zero attached hydrogens (tertiary/aromatic N) is 3. The number of carbonyl (C=O) groups excluding carboxylic acids is 1. The minimum absolute atomic E-state index is 0.0191. The molecule has 142 valence electrons. The van der Waals surface area contributed by atoms with Gasteiger partial charge in [0.05, 0.1) is 0 Å². The maximum absolute atomic E-state index is 12.6. The number of piperidine rings is 1. The van der Waals surface area contributed by atoms with Crippen LogP contribution in [0, 0.1) is 0 Å². The van der Waals surface area contributed by atoms with Gasteiger partial charge in [-0.1, -0.05) is 25.8 Å². The van der Waals surface area contributed by atoms with Gasteiger partial charge in [0, 0.05) is 29.9 Å². The molecule has 26 heavy (non-hydrogen) atoms. The molecule has 0 aromatic carbocycles. The van der Waals surface area contributed by atoms with Crippen LogP contribution in [0.15, 0.2) is 41.3 Å². The number of hydrogen-bond acceptors (Lipinski definition) is 5. The lowest BCUT2D eigenvalue weighted by Gasteiger charge is -2.38. The first-order chi connectivity index (χ1) is 12.6. The Balaban J connectivity index is 1.79. The van der Waals surface area contributed by atoms with Crippen molar-refractivity contribution < 1.29 is 4.79 Å². The first-order valence-corrected chi connectivity index (χ1v) is 9.74. The van der Waals surface area contributed by atoms with E-state index in [1.165, 1.54) is 25.5 Å². The standard InChI is InChI=1S/C20H31N5O/c1-15(22-17-6-4-3-5-7-17)23-20-16(14-21)8-9-19(26)25(20)18-10-12-24(2)13-11-18/h8-9,14,17-18,22H,1,3-7,10-13,21H2,2H3/b16-14-,23-20+. The Kier molecular flexibility index (Phi) is 6.14. The first-order valence-electron chi connectivity index (χ1n) is 9.74. The van der Waals surface area contributed by atoms with Crippen LogP contribution < -0.4 is 11.1 Å². The van der Waals surface area contributed by atoms with E-state index < -0.39 is 0 Å². The molecule has 6 nitrogen and oxygen atoms in total. The number of carbonyl (C=O) groups is 1. The van der Waals surface area contributed by atoms with E-state index in [-0.39, 0.29) is 11.9 Å². The molecule has 0 unspecified atom stereocenters. The summed E-state index contributed by atoms with van der Waals surface area (Å²) in [6.45, 7) is 6.05. The van der Waals surface area contributed by atoms with Crippen LogP contribution in [-0.2, 0) is 4.79 Å². The average molecular weight is 358 g/mol. The molecule has 0 bridgehead atoms. The van der Waals surface area contributed by atoms with E-state index in [0.717, 1.165) is 44.3 Å². The number of hydrogen-bond donors (Lipinski definition) is 2. The summed E-state index contributed by atoms with van der Waals surface area (Å²) in [5, 5.41) is 3.44. The molecule has 1 saturated heterocycles. The Hall–Kier alpha value is -2.08. The maximum Gasteiger partial charge on any atom is 0.252 e. The highest BCUT2D eigenvalue weighted by molar-refractivity contribution is 6.15. The van der Waals surface area contributed by atoms with Crippen molar-refractivity contribution in [1.82, 2.24) is 15.1 Å². The van der Waals surface area contributed by atoms with Crippen molar-refractivity contribution >= 4 is 11.7 Å². The molecule has 3 aliphatic rings. The van der Waals surface area contributed by atoms with Gasteiger partial charge in [-0.2, -0.15) is 0 Å². The highest BCUT2D eigenvalue weighted by atomic mass is 16.2. The van der Waals surface area contributed by atoms with Crippen LogP contribution in [0.1, 0.15) is 44.9 Å². The number of amides is 1. The van der Waals surface area contributed by atoms with Gasteiger partial charge in [-0.25, -0.2) is 4.99 Å². The fourth-order valence-corrected chi connectivity index (χ4v) is 4.06. The normalized spacial score (nSPS) is 26.7. The highest BCUT2D eigenvalue weighted by Crippen LogP contribution is 2.24. The predicted octanol–water partition coefficient (Wildman–Crippen LogP) is 2.11. The molecule has 2 fully saturated rings. The summed E-state index contributed by atoms with van der Waals surface area (Å²) in [4.78, 5) is 21.5. The second-order valence-electron chi connectivity index (χ2n) is 7.56. The van der Waals surface area contributed by atoms with E-state index in [4.69, 9.17) is 10.7 Å². The van der Waals surface area contributed by atoms with Crippen LogP contribution in [0.2, 0.25) is 0 Å². The van der Waals surface area contributed by atoms with Crippen LogP contribution in [-0.4, -0.2) is 53.8 Å². The molecule has 2 aliphatic heterocycles. The third-order valence-corrected chi connectivity index (χ3v) is 5.58. The fourth-order valence-electron chi connectivity index (χ4n) is 4.06. The second-order valence-corrected chi connectivity index (χ2v) is 7.56. The monoisotopic (exact) mass is 357 g/mol. The molecular weight excluding hydrogens is 326 g/mol. The van der Waals surface area contributed by atoms with Crippen LogP contribution in [0.5, 0.6) is 0 Å². The molecule has 0 aromatic rings. The van der Waals surface area contributed by atoms with Crippen molar-refractivity contribution in [3.8, 4) is 0 Å². The number of aliphatic imine (C=N–C) groups is 1. The number of nitrogens with one attached hydrogen (secondary N) is 1. The zero-order chi connectivity index (χ0) is 18.5. The minimum atomic E-state index is -0.0191. The van der Waals surface area contributed by atoms with Gasteiger partial charge < -0.3 is 16.0 Å². The summed E-state index contributed by atoms with van der Waals surface area (Å²) < 4.78 is 0. The van der Waals surface area contributed by atoms with Gasteiger partial charge in [-0.3, -0.25) is 9.69 Å². The van der Waals surface area contributed by atoms with E-state index >= 15 is 0 Å². The molecule has 0 atom stereocenters. The number of rotatable bonds is 4. The van der Waals surface area contributed by atoms with Crippen molar-refractivity contribution in [3.05, 3.63) is 36.3 Å². The van der Waals surface area contributed by atoms with Crippen molar-refractivity contribution in [1.29, 1.82) is 0 Å². The summed E-state index contributed by atoms with van der Waals surface area (Å²) in [6, 6.07) is 0.581. The third-order valence-electron chi connectivity index (χ3n) is 5.58. The average Bonchev–Trinajstić information content (AvgIpc) is 2.64. The smallest absolute Gasteiger partial charge is 0.252 e. The van der Waals surface area contributed by atoms with Gasteiger partial charge in [0.25, 0.3) is 5.91 Å². The molecule has 3 rings (SSSR count). The van der Waals surface area contributed by atoms with E-state index in [1.807, 2.05) is 4.90 Å². The molecule has 0 spiro atoms. The molecular formula is C20H31N5O. The lowest BCUT2D eigenvalue weighted by Crippen LogP contribution is -2.51. The summed E-state index contributed by atoms with van der Waals surface area (Å²) in [7, 11) is 2.12. The topological polar surface area (TPSA) is 74.0 Å². The molecule has 1 amide bonds. The summed E-state index contributed by atoms with van der Waals surface area (Å²) >= 11 is 0. The van der Waals surface area contributed by atoms with Crippen molar-refractivity contribution in [2.45, 2.75) is 57.0 Å². The van der Waals surface area contributed by atoms with Crippen molar-refractivity contribution in [2.24, 2.45) is 10.7 Å². The van der Waals surface area contributed by atoms with Gasteiger partial charge in [0.1, 0.15) is 11.7 Å². The molecule has 0 aromatic heterocycles. The van der Waals surface area contributed by atoms with Crippen LogP contribution >= 0.6 is 0 Å². The maximum atomic E-state index is 12.6. The molecule has 3 N–H and O–H groups in total. The third kappa shape index (κ3) is 4.36. The highest BCUT2D eigenvalue weighted by Gasteiger charge is 2.33. The van der Waals surface area contributed by atoms with Crippen LogP contribution in [0.25, 0.3) is 0 Å². The first kappa shape index (κ1) is 18.7. The van der Waals surface area contributed by atoms with E-state index in [2.05, 4.69) is 23.8 Å². The zero-order valence-electron chi connectivity index (χ0n) is 15.8. The Morgan fingerprint density at radius 2 is 1.92 bits per heavy atom. The molecule has 6 heteroatoms. The summed E-state index contributed by atoms with van der Waals surface area (Å²) in [5.74, 6) is 1.23. The molecule has 1 saturated carbocycles. The quantitative estimate of drug-likeness (QED) is 0.808. The van der Waals surface area contributed by atoms with E-state index in [9.17, 15) is 4.79 Å². The Labute approximate surface area is 156 Å².